The number of rotatable bonds is 5. The molecular weight excluding hydrogens is 352 g/mol. The minimum absolute atomic E-state index is 0.0943. The van der Waals surface area contributed by atoms with Crippen molar-refractivity contribution in [2.75, 3.05) is 13.1 Å². The van der Waals surface area contributed by atoms with Crippen molar-refractivity contribution in [2.24, 2.45) is 0 Å². The molecule has 1 fully saturated rings. The van der Waals surface area contributed by atoms with E-state index in [1.807, 2.05) is 0 Å². The van der Waals surface area contributed by atoms with Crippen molar-refractivity contribution in [2.45, 2.75) is 24.7 Å². The number of aromatic nitrogens is 2. The fourth-order valence-corrected chi connectivity index (χ4v) is 4.28. The van der Waals surface area contributed by atoms with Crippen LogP contribution in [0.15, 0.2) is 36.8 Å². The van der Waals surface area contributed by atoms with E-state index in [2.05, 4.69) is 9.97 Å². The summed E-state index contributed by atoms with van der Waals surface area (Å²) in [6, 6.07) is 4.42. The van der Waals surface area contributed by atoms with Gasteiger partial charge in [0.25, 0.3) is 0 Å². The van der Waals surface area contributed by atoms with Crippen molar-refractivity contribution in [3.63, 3.8) is 0 Å². The highest BCUT2D eigenvalue weighted by Gasteiger charge is 2.29. The first-order valence-corrected chi connectivity index (χ1v) is 9.39. The molecule has 25 heavy (non-hydrogen) atoms. The third kappa shape index (κ3) is 4.70. The summed E-state index contributed by atoms with van der Waals surface area (Å²) in [5.41, 5.74) is 0.0943. The van der Waals surface area contributed by atoms with Crippen LogP contribution in [0, 0.1) is 11.6 Å². The first kappa shape index (κ1) is 17.7. The van der Waals surface area contributed by atoms with Crippen LogP contribution in [0.5, 0.6) is 5.88 Å². The summed E-state index contributed by atoms with van der Waals surface area (Å²) in [5, 5.41) is 0. The van der Waals surface area contributed by atoms with Crippen molar-refractivity contribution in [3.8, 4) is 5.88 Å². The second-order valence-electron chi connectivity index (χ2n) is 5.80. The second-order valence-corrected chi connectivity index (χ2v) is 7.77. The van der Waals surface area contributed by atoms with Gasteiger partial charge in [0.1, 0.15) is 24.1 Å². The van der Waals surface area contributed by atoms with E-state index >= 15 is 0 Å². The first-order chi connectivity index (χ1) is 11.9. The molecular formula is C16H17F2N3O3S. The van der Waals surface area contributed by atoms with Crippen LogP contribution in [0.4, 0.5) is 8.78 Å². The molecule has 0 atom stereocenters. The van der Waals surface area contributed by atoms with Crippen molar-refractivity contribution >= 4 is 10.0 Å². The summed E-state index contributed by atoms with van der Waals surface area (Å²) in [7, 11) is -3.65. The van der Waals surface area contributed by atoms with Crippen LogP contribution in [0.2, 0.25) is 0 Å². The van der Waals surface area contributed by atoms with Crippen LogP contribution >= 0.6 is 0 Å². The Morgan fingerprint density at radius 1 is 1.16 bits per heavy atom. The zero-order valence-corrected chi connectivity index (χ0v) is 14.1. The second kappa shape index (κ2) is 7.40. The summed E-state index contributed by atoms with van der Waals surface area (Å²) < 4.78 is 58.4. The number of ether oxygens (including phenoxy) is 1. The Balaban J connectivity index is 1.59. The molecule has 0 radical (unpaired) electrons. The fraction of sp³-hybridized carbons (Fsp3) is 0.375. The van der Waals surface area contributed by atoms with Gasteiger partial charge in [0.2, 0.25) is 15.9 Å². The number of piperidine rings is 1. The Hall–Kier alpha value is -2.13. The van der Waals surface area contributed by atoms with Gasteiger partial charge in [0, 0.05) is 31.4 Å². The van der Waals surface area contributed by atoms with Crippen LogP contribution < -0.4 is 4.74 Å². The van der Waals surface area contributed by atoms with Crippen LogP contribution in [0.1, 0.15) is 18.4 Å². The molecule has 1 aromatic carbocycles. The van der Waals surface area contributed by atoms with Crippen LogP contribution in [-0.2, 0) is 15.8 Å². The van der Waals surface area contributed by atoms with E-state index in [9.17, 15) is 17.2 Å². The van der Waals surface area contributed by atoms with Gasteiger partial charge >= 0.3 is 0 Å². The molecule has 134 valence electrons. The molecule has 1 aliphatic rings. The molecule has 0 N–H and O–H groups in total. The maximum atomic E-state index is 13.2. The highest BCUT2D eigenvalue weighted by molar-refractivity contribution is 7.88. The summed E-state index contributed by atoms with van der Waals surface area (Å²) >= 11 is 0. The summed E-state index contributed by atoms with van der Waals surface area (Å²) in [6.45, 7) is 0.575. The number of nitrogens with zero attached hydrogens (tertiary/aromatic N) is 3. The van der Waals surface area contributed by atoms with Gasteiger partial charge < -0.3 is 4.74 Å². The minimum atomic E-state index is -3.65. The molecule has 0 bridgehead atoms. The molecule has 1 aromatic heterocycles. The average molecular weight is 369 g/mol. The van der Waals surface area contributed by atoms with Gasteiger partial charge in [-0.3, -0.25) is 0 Å². The zero-order chi connectivity index (χ0) is 17.9. The van der Waals surface area contributed by atoms with Crippen molar-refractivity contribution in [1.29, 1.82) is 0 Å². The standard InChI is InChI=1S/C16H17F2N3O3S/c17-13-7-12(8-14(18)9-13)10-25(22,23)21-5-2-15(3-6-21)24-16-1-4-19-11-20-16/h1,4,7-9,11,15H,2-3,5-6,10H2. The highest BCUT2D eigenvalue weighted by atomic mass is 32.2. The Morgan fingerprint density at radius 3 is 2.44 bits per heavy atom. The Labute approximate surface area is 144 Å². The number of hydrogen-bond acceptors (Lipinski definition) is 5. The van der Waals surface area contributed by atoms with Crippen LogP contribution in [0.25, 0.3) is 0 Å². The Morgan fingerprint density at radius 2 is 1.84 bits per heavy atom. The Bertz CT molecular complexity index is 806. The fourth-order valence-electron chi connectivity index (χ4n) is 2.74. The van der Waals surface area contributed by atoms with E-state index in [1.54, 1.807) is 12.3 Å². The molecule has 0 saturated carbocycles. The van der Waals surface area contributed by atoms with Gasteiger partial charge in [0.15, 0.2) is 0 Å². The third-order valence-corrected chi connectivity index (χ3v) is 5.76. The normalized spacial score (nSPS) is 16.7. The summed E-state index contributed by atoms with van der Waals surface area (Å²) in [5.74, 6) is -1.56. The van der Waals surface area contributed by atoms with E-state index < -0.39 is 27.4 Å². The van der Waals surface area contributed by atoms with Gasteiger partial charge in [0.05, 0.1) is 5.75 Å². The van der Waals surface area contributed by atoms with Crippen LogP contribution in [-0.4, -0.2) is 41.9 Å². The summed E-state index contributed by atoms with van der Waals surface area (Å²) in [6.07, 6.45) is 3.85. The molecule has 0 aliphatic carbocycles. The van der Waals surface area contributed by atoms with Crippen molar-refractivity contribution in [1.82, 2.24) is 14.3 Å². The quantitative estimate of drug-likeness (QED) is 0.807. The predicted molar refractivity (Wildman–Crippen MR) is 86.2 cm³/mol. The van der Waals surface area contributed by atoms with E-state index in [0.29, 0.717) is 24.8 Å². The first-order valence-electron chi connectivity index (χ1n) is 7.78. The highest BCUT2D eigenvalue weighted by Crippen LogP contribution is 2.21. The van der Waals surface area contributed by atoms with E-state index in [0.717, 1.165) is 12.1 Å². The van der Waals surface area contributed by atoms with Gasteiger partial charge in [-0.25, -0.2) is 31.5 Å². The van der Waals surface area contributed by atoms with Gasteiger partial charge in [-0.2, -0.15) is 0 Å². The van der Waals surface area contributed by atoms with Crippen molar-refractivity contribution in [3.05, 3.63) is 54.0 Å². The van der Waals surface area contributed by atoms with Gasteiger partial charge in [-0.05, 0) is 30.5 Å². The molecule has 6 nitrogen and oxygen atoms in total. The molecule has 9 heteroatoms. The maximum absolute atomic E-state index is 13.2. The van der Waals surface area contributed by atoms with Crippen LogP contribution in [0.3, 0.4) is 0 Å². The number of halogens is 2. The molecule has 0 unspecified atom stereocenters. The molecule has 2 heterocycles. The lowest BCUT2D eigenvalue weighted by molar-refractivity contribution is 0.129. The molecule has 2 aromatic rings. The van der Waals surface area contributed by atoms with Gasteiger partial charge in [-0.15, -0.1) is 0 Å². The van der Waals surface area contributed by atoms with E-state index in [1.165, 1.54) is 10.6 Å². The maximum Gasteiger partial charge on any atom is 0.218 e. The van der Waals surface area contributed by atoms with E-state index in [-0.39, 0.29) is 24.8 Å². The SMILES string of the molecule is O=S(=O)(Cc1cc(F)cc(F)c1)N1CCC(Oc2ccncn2)CC1. The van der Waals surface area contributed by atoms with Gasteiger partial charge in [-0.1, -0.05) is 0 Å². The molecule has 0 spiro atoms. The number of sulfonamides is 1. The smallest absolute Gasteiger partial charge is 0.218 e. The Kier molecular flexibility index (Phi) is 5.24. The molecule has 0 amide bonds. The summed E-state index contributed by atoms with van der Waals surface area (Å²) in [4.78, 5) is 7.78. The predicted octanol–water partition coefficient (Wildman–Crippen LogP) is 2.13. The zero-order valence-electron chi connectivity index (χ0n) is 13.3. The lowest BCUT2D eigenvalue weighted by Gasteiger charge is -2.31. The average Bonchev–Trinajstić information content (AvgIpc) is 2.55. The topological polar surface area (TPSA) is 72.4 Å². The molecule has 1 aliphatic heterocycles. The van der Waals surface area contributed by atoms with E-state index in [4.69, 9.17) is 4.74 Å². The third-order valence-electron chi connectivity index (χ3n) is 3.91. The molecule has 3 rings (SSSR count). The van der Waals surface area contributed by atoms with Crippen molar-refractivity contribution < 1.29 is 21.9 Å². The monoisotopic (exact) mass is 369 g/mol. The minimum Gasteiger partial charge on any atom is -0.474 e. The largest absolute Gasteiger partial charge is 0.474 e. The lowest BCUT2D eigenvalue weighted by Crippen LogP contribution is -2.42. The number of benzene rings is 1. The lowest BCUT2D eigenvalue weighted by atomic mass is 10.1. The molecule has 1 saturated heterocycles. The number of hydrogen-bond donors (Lipinski definition) is 0.